The molecule has 1 amide bonds. The Bertz CT molecular complexity index is 743. The summed E-state index contributed by atoms with van der Waals surface area (Å²) in [6.45, 7) is 7.43. The number of piperidine rings is 1. The average molecular weight is 403 g/mol. The van der Waals surface area contributed by atoms with Crippen LogP contribution in [0.4, 0.5) is 0 Å². The summed E-state index contributed by atoms with van der Waals surface area (Å²) in [5.41, 5.74) is 3.17. The number of aryl methyl sites for hydroxylation is 1. The first-order chi connectivity index (χ1) is 13.2. The van der Waals surface area contributed by atoms with Crippen molar-refractivity contribution in [2.75, 3.05) is 26.2 Å². The summed E-state index contributed by atoms with van der Waals surface area (Å²) in [5.74, 6) is 0.682. The van der Waals surface area contributed by atoms with Crippen molar-refractivity contribution < 1.29 is 9.53 Å². The van der Waals surface area contributed by atoms with Crippen LogP contribution in [0.5, 0.6) is 5.75 Å². The Hall–Kier alpha value is -2.04. The minimum atomic E-state index is -0.0503. The fourth-order valence-corrected chi connectivity index (χ4v) is 3.66. The lowest BCUT2D eigenvalue weighted by atomic mass is 10.0. The minimum Gasteiger partial charge on any atom is -0.494 e. The third kappa shape index (κ3) is 5.98. The van der Waals surface area contributed by atoms with Crippen molar-refractivity contribution in [3.8, 4) is 5.75 Å². The number of ether oxygens (including phenoxy) is 1. The molecule has 28 heavy (non-hydrogen) atoms. The number of hydrogen-bond donors (Lipinski definition) is 1. The summed E-state index contributed by atoms with van der Waals surface area (Å²) in [7, 11) is 0. The van der Waals surface area contributed by atoms with E-state index in [1.165, 1.54) is 30.4 Å². The molecule has 2 aromatic rings. The molecule has 0 saturated carbocycles. The van der Waals surface area contributed by atoms with Crippen LogP contribution in [-0.4, -0.2) is 37.0 Å². The summed E-state index contributed by atoms with van der Waals surface area (Å²) in [6, 6.07) is 16.3. The molecule has 4 nitrogen and oxygen atoms in total. The minimum absolute atomic E-state index is 0. The highest BCUT2D eigenvalue weighted by atomic mass is 35.5. The average Bonchev–Trinajstić information content (AvgIpc) is 2.70. The van der Waals surface area contributed by atoms with Crippen LogP contribution in [-0.2, 0) is 0 Å². The fourth-order valence-electron chi connectivity index (χ4n) is 3.66. The number of carbonyl (C=O) groups excluding carboxylic acids is 1. The van der Waals surface area contributed by atoms with Crippen LogP contribution < -0.4 is 10.1 Å². The van der Waals surface area contributed by atoms with E-state index in [0.717, 1.165) is 18.8 Å². The highest BCUT2D eigenvalue weighted by molar-refractivity contribution is 5.94. The zero-order valence-corrected chi connectivity index (χ0v) is 17.6. The molecular formula is C23H31ClN2O2. The molecule has 0 spiro atoms. The number of benzene rings is 2. The molecule has 3 rings (SSSR count). The van der Waals surface area contributed by atoms with E-state index >= 15 is 0 Å². The van der Waals surface area contributed by atoms with E-state index in [-0.39, 0.29) is 24.4 Å². The summed E-state index contributed by atoms with van der Waals surface area (Å²) in [4.78, 5) is 15.2. The first-order valence-corrected chi connectivity index (χ1v) is 9.99. The third-order valence-electron chi connectivity index (χ3n) is 5.16. The SMILES string of the molecule is CCOc1cccc(C(=O)NCC(c2ccc(C)cc2)N2CCCCC2)c1.Cl. The molecule has 1 heterocycles. The molecule has 2 aromatic carbocycles. The van der Waals surface area contributed by atoms with E-state index < -0.39 is 0 Å². The Morgan fingerprint density at radius 2 is 1.82 bits per heavy atom. The lowest BCUT2D eigenvalue weighted by Gasteiger charge is -2.35. The predicted molar refractivity (Wildman–Crippen MR) is 117 cm³/mol. The largest absolute Gasteiger partial charge is 0.494 e. The van der Waals surface area contributed by atoms with Gasteiger partial charge in [-0.05, 0) is 63.5 Å². The van der Waals surface area contributed by atoms with Crippen molar-refractivity contribution in [3.05, 3.63) is 65.2 Å². The topological polar surface area (TPSA) is 41.6 Å². The summed E-state index contributed by atoms with van der Waals surface area (Å²) in [6.07, 6.45) is 3.76. The molecule has 0 radical (unpaired) electrons. The lowest BCUT2D eigenvalue weighted by molar-refractivity contribution is 0.0924. The van der Waals surface area contributed by atoms with Gasteiger partial charge in [0.2, 0.25) is 0 Å². The number of nitrogens with zero attached hydrogens (tertiary/aromatic N) is 1. The molecule has 0 bridgehead atoms. The molecule has 1 unspecified atom stereocenters. The van der Waals surface area contributed by atoms with Gasteiger partial charge >= 0.3 is 0 Å². The molecule has 1 atom stereocenters. The molecule has 1 N–H and O–H groups in total. The molecule has 1 saturated heterocycles. The van der Waals surface area contributed by atoms with Gasteiger partial charge < -0.3 is 10.1 Å². The number of carbonyl (C=O) groups is 1. The second-order valence-corrected chi connectivity index (χ2v) is 7.19. The monoisotopic (exact) mass is 402 g/mol. The quantitative estimate of drug-likeness (QED) is 0.725. The van der Waals surface area contributed by atoms with Gasteiger partial charge in [0, 0.05) is 12.1 Å². The van der Waals surface area contributed by atoms with Gasteiger partial charge in [-0.25, -0.2) is 0 Å². The van der Waals surface area contributed by atoms with Crippen molar-refractivity contribution in [3.63, 3.8) is 0 Å². The number of likely N-dealkylation sites (tertiary alicyclic amines) is 1. The number of rotatable bonds is 7. The van der Waals surface area contributed by atoms with Crippen LogP contribution in [0.2, 0.25) is 0 Å². The number of halogens is 1. The van der Waals surface area contributed by atoms with Crippen molar-refractivity contribution in [2.24, 2.45) is 0 Å². The lowest BCUT2D eigenvalue weighted by Crippen LogP contribution is -2.40. The van der Waals surface area contributed by atoms with Gasteiger partial charge in [-0.1, -0.05) is 42.3 Å². The van der Waals surface area contributed by atoms with Gasteiger partial charge in [-0.2, -0.15) is 0 Å². The summed E-state index contributed by atoms with van der Waals surface area (Å²) >= 11 is 0. The van der Waals surface area contributed by atoms with Gasteiger partial charge in [0.25, 0.3) is 5.91 Å². The molecule has 1 fully saturated rings. The van der Waals surface area contributed by atoms with E-state index in [2.05, 4.69) is 41.4 Å². The van der Waals surface area contributed by atoms with Crippen LogP contribution in [0.15, 0.2) is 48.5 Å². The normalized spacial score (nSPS) is 15.4. The standard InChI is InChI=1S/C23H30N2O2.ClH/c1-3-27-21-9-7-8-20(16-21)23(26)24-17-22(25-14-5-4-6-15-25)19-12-10-18(2)11-13-19;/h7-13,16,22H,3-6,14-15,17H2,1-2H3,(H,24,26);1H. The van der Waals surface area contributed by atoms with Crippen LogP contribution in [0.1, 0.15) is 53.7 Å². The Labute approximate surface area is 174 Å². The zero-order valence-electron chi connectivity index (χ0n) is 16.8. The maximum Gasteiger partial charge on any atom is 0.251 e. The molecule has 152 valence electrons. The summed E-state index contributed by atoms with van der Waals surface area (Å²) < 4.78 is 5.51. The van der Waals surface area contributed by atoms with Crippen molar-refractivity contribution in [1.29, 1.82) is 0 Å². The van der Waals surface area contributed by atoms with Crippen LogP contribution >= 0.6 is 12.4 Å². The maximum atomic E-state index is 12.7. The van der Waals surface area contributed by atoms with Crippen LogP contribution in [0.25, 0.3) is 0 Å². The highest BCUT2D eigenvalue weighted by Gasteiger charge is 2.23. The summed E-state index contributed by atoms with van der Waals surface area (Å²) in [5, 5.41) is 3.14. The van der Waals surface area contributed by atoms with E-state index in [1.807, 2.05) is 25.1 Å². The number of hydrogen-bond acceptors (Lipinski definition) is 3. The van der Waals surface area contributed by atoms with Gasteiger partial charge in [0.05, 0.1) is 12.6 Å². The van der Waals surface area contributed by atoms with Gasteiger partial charge in [0.15, 0.2) is 0 Å². The van der Waals surface area contributed by atoms with Crippen LogP contribution in [0.3, 0.4) is 0 Å². The van der Waals surface area contributed by atoms with Crippen molar-refractivity contribution >= 4 is 18.3 Å². The number of nitrogens with one attached hydrogen (secondary N) is 1. The highest BCUT2D eigenvalue weighted by Crippen LogP contribution is 2.25. The van der Waals surface area contributed by atoms with E-state index in [9.17, 15) is 4.79 Å². The van der Waals surface area contributed by atoms with Crippen molar-refractivity contribution in [1.82, 2.24) is 10.2 Å². The Morgan fingerprint density at radius 1 is 1.11 bits per heavy atom. The molecule has 1 aliphatic rings. The predicted octanol–water partition coefficient (Wildman–Crippen LogP) is 4.77. The molecule has 0 aliphatic carbocycles. The smallest absolute Gasteiger partial charge is 0.251 e. The zero-order chi connectivity index (χ0) is 19.1. The molecular weight excluding hydrogens is 372 g/mol. The Balaban J connectivity index is 0.00000280. The number of amides is 1. The Morgan fingerprint density at radius 3 is 2.50 bits per heavy atom. The first kappa shape index (κ1) is 22.3. The second-order valence-electron chi connectivity index (χ2n) is 7.19. The fraction of sp³-hybridized carbons (Fsp3) is 0.435. The van der Waals surface area contributed by atoms with E-state index in [0.29, 0.717) is 18.7 Å². The van der Waals surface area contributed by atoms with E-state index in [1.54, 1.807) is 6.07 Å². The molecule has 1 aliphatic heterocycles. The van der Waals surface area contributed by atoms with Gasteiger partial charge in [-0.15, -0.1) is 12.4 Å². The molecule has 5 heteroatoms. The van der Waals surface area contributed by atoms with Gasteiger partial charge in [0.1, 0.15) is 5.75 Å². The third-order valence-corrected chi connectivity index (χ3v) is 5.16. The van der Waals surface area contributed by atoms with Crippen LogP contribution in [0, 0.1) is 6.92 Å². The van der Waals surface area contributed by atoms with Crippen molar-refractivity contribution in [2.45, 2.75) is 39.2 Å². The Kier molecular flexibility index (Phi) is 8.81. The maximum absolute atomic E-state index is 12.7. The first-order valence-electron chi connectivity index (χ1n) is 9.99. The second kappa shape index (κ2) is 11.1. The molecule has 0 aromatic heterocycles. The van der Waals surface area contributed by atoms with Gasteiger partial charge in [-0.3, -0.25) is 9.69 Å². The van der Waals surface area contributed by atoms with E-state index in [4.69, 9.17) is 4.74 Å².